The summed E-state index contributed by atoms with van der Waals surface area (Å²) in [4.78, 5) is 26.5. The van der Waals surface area contributed by atoms with E-state index in [0.29, 0.717) is 34.0 Å². The van der Waals surface area contributed by atoms with Crippen molar-refractivity contribution in [1.29, 1.82) is 0 Å². The number of aryl methyl sites for hydroxylation is 1. The first kappa shape index (κ1) is 24.7. The Balaban J connectivity index is 1.67. The van der Waals surface area contributed by atoms with Crippen LogP contribution in [0.1, 0.15) is 11.1 Å². The summed E-state index contributed by atoms with van der Waals surface area (Å²) >= 11 is 0. The smallest absolute Gasteiger partial charge is 0.256 e. The molecule has 0 unspecified atom stereocenters. The highest BCUT2D eigenvalue weighted by molar-refractivity contribution is 5.92. The summed E-state index contributed by atoms with van der Waals surface area (Å²) in [6.07, 6.45) is 0. The molecule has 1 heterocycles. The van der Waals surface area contributed by atoms with Crippen LogP contribution in [-0.4, -0.2) is 31.8 Å². The average Bonchev–Trinajstić information content (AvgIpc) is 2.90. The molecule has 0 saturated carbocycles. The number of para-hydroxylation sites is 1. The molecule has 36 heavy (non-hydrogen) atoms. The Kier molecular flexibility index (Phi) is 7.44. The standard InChI is InChI=1S/C28H29N3O5/c1-18-7-5-6-8-23(18)30-27(32)17-31-24-15-22(34-2)11-9-19(24)13-20(28(31)33)16-29-21-10-12-25(35-3)26(14-21)36-4/h5-15,29H,16-17H2,1-4H3,(H,30,32). The first-order valence-corrected chi connectivity index (χ1v) is 11.5. The lowest BCUT2D eigenvalue weighted by molar-refractivity contribution is -0.116. The zero-order valence-corrected chi connectivity index (χ0v) is 20.8. The molecule has 8 nitrogen and oxygen atoms in total. The first-order chi connectivity index (χ1) is 17.4. The van der Waals surface area contributed by atoms with Gasteiger partial charge in [0.1, 0.15) is 12.3 Å². The number of pyridine rings is 1. The lowest BCUT2D eigenvalue weighted by Gasteiger charge is -2.16. The average molecular weight is 488 g/mol. The summed E-state index contributed by atoms with van der Waals surface area (Å²) in [7, 11) is 4.71. The van der Waals surface area contributed by atoms with E-state index in [-0.39, 0.29) is 24.6 Å². The van der Waals surface area contributed by atoms with Crippen molar-refractivity contribution in [2.75, 3.05) is 32.0 Å². The summed E-state index contributed by atoms with van der Waals surface area (Å²) in [6, 6.07) is 20.3. The number of nitrogens with one attached hydrogen (secondary N) is 2. The number of hydrogen-bond donors (Lipinski definition) is 2. The second kappa shape index (κ2) is 10.9. The molecule has 0 fully saturated rings. The molecular weight excluding hydrogens is 458 g/mol. The molecule has 8 heteroatoms. The predicted molar refractivity (Wildman–Crippen MR) is 141 cm³/mol. The number of fused-ring (bicyclic) bond motifs is 1. The van der Waals surface area contributed by atoms with Crippen molar-refractivity contribution in [3.05, 3.63) is 88.2 Å². The van der Waals surface area contributed by atoms with Crippen molar-refractivity contribution in [3.8, 4) is 17.2 Å². The van der Waals surface area contributed by atoms with Crippen LogP contribution in [-0.2, 0) is 17.9 Å². The summed E-state index contributed by atoms with van der Waals surface area (Å²) < 4.78 is 17.5. The van der Waals surface area contributed by atoms with E-state index in [4.69, 9.17) is 14.2 Å². The number of hydrogen-bond acceptors (Lipinski definition) is 6. The number of benzene rings is 3. The maximum atomic E-state index is 13.5. The molecule has 0 radical (unpaired) electrons. The van der Waals surface area contributed by atoms with E-state index < -0.39 is 0 Å². The van der Waals surface area contributed by atoms with Gasteiger partial charge in [-0.15, -0.1) is 0 Å². The van der Waals surface area contributed by atoms with Gasteiger partial charge in [0.25, 0.3) is 5.56 Å². The van der Waals surface area contributed by atoms with Gasteiger partial charge in [-0.05, 0) is 54.3 Å². The number of nitrogens with zero attached hydrogens (tertiary/aromatic N) is 1. The zero-order valence-electron chi connectivity index (χ0n) is 20.8. The van der Waals surface area contributed by atoms with E-state index in [1.54, 1.807) is 39.5 Å². The SMILES string of the molecule is COc1ccc2cc(CNc3ccc(OC)c(OC)c3)c(=O)n(CC(=O)Nc3ccccc3C)c2c1. The molecule has 3 aromatic carbocycles. The van der Waals surface area contributed by atoms with Crippen LogP contribution < -0.4 is 30.4 Å². The number of aromatic nitrogens is 1. The van der Waals surface area contributed by atoms with Gasteiger partial charge in [0, 0.05) is 35.6 Å². The van der Waals surface area contributed by atoms with Gasteiger partial charge in [-0.1, -0.05) is 18.2 Å². The van der Waals surface area contributed by atoms with E-state index in [0.717, 1.165) is 16.6 Å². The molecule has 0 aliphatic carbocycles. The minimum atomic E-state index is -0.291. The number of carbonyl (C=O) groups excluding carboxylic acids is 1. The highest BCUT2D eigenvalue weighted by Crippen LogP contribution is 2.30. The molecule has 4 aromatic rings. The second-order valence-corrected chi connectivity index (χ2v) is 8.27. The highest BCUT2D eigenvalue weighted by Gasteiger charge is 2.15. The van der Waals surface area contributed by atoms with E-state index >= 15 is 0 Å². The molecule has 1 aromatic heterocycles. The molecule has 186 valence electrons. The topological polar surface area (TPSA) is 90.8 Å². The fourth-order valence-corrected chi connectivity index (χ4v) is 4.01. The predicted octanol–water partition coefficient (Wildman–Crippen LogP) is 4.59. The van der Waals surface area contributed by atoms with Crippen molar-refractivity contribution >= 4 is 28.2 Å². The van der Waals surface area contributed by atoms with Crippen LogP contribution in [0.2, 0.25) is 0 Å². The molecule has 1 amide bonds. The number of rotatable bonds is 9. The van der Waals surface area contributed by atoms with Gasteiger partial charge in [-0.25, -0.2) is 0 Å². The first-order valence-electron chi connectivity index (χ1n) is 11.5. The quantitative estimate of drug-likeness (QED) is 0.359. The summed E-state index contributed by atoms with van der Waals surface area (Å²) in [5.41, 5.74) is 3.30. The fraction of sp³-hybridized carbons (Fsp3) is 0.214. The molecule has 0 spiro atoms. The lowest BCUT2D eigenvalue weighted by atomic mass is 10.1. The molecule has 0 aliphatic rings. The van der Waals surface area contributed by atoms with Crippen LogP contribution >= 0.6 is 0 Å². The Morgan fingerprint density at radius 3 is 2.39 bits per heavy atom. The van der Waals surface area contributed by atoms with Crippen molar-refractivity contribution < 1.29 is 19.0 Å². The minimum Gasteiger partial charge on any atom is -0.497 e. The van der Waals surface area contributed by atoms with Crippen LogP contribution in [0.25, 0.3) is 10.9 Å². The van der Waals surface area contributed by atoms with E-state index in [1.165, 1.54) is 4.57 Å². The summed E-state index contributed by atoms with van der Waals surface area (Å²) in [6.45, 7) is 2.04. The molecule has 0 atom stereocenters. The van der Waals surface area contributed by atoms with Crippen molar-refractivity contribution in [2.24, 2.45) is 0 Å². The minimum absolute atomic E-state index is 0.138. The Morgan fingerprint density at radius 2 is 1.67 bits per heavy atom. The highest BCUT2D eigenvalue weighted by atomic mass is 16.5. The number of ether oxygens (including phenoxy) is 3. The van der Waals surface area contributed by atoms with Crippen LogP contribution in [0, 0.1) is 6.92 Å². The van der Waals surface area contributed by atoms with Crippen LogP contribution in [0.5, 0.6) is 17.2 Å². The Bertz CT molecular complexity index is 1460. The van der Waals surface area contributed by atoms with E-state index in [1.807, 2.05) is 55.5 Å². The third kappa shape index (κ3) is 5.27. The van der Waals surface area contributed by atoms with Gasteiger partial charge in [-0.2, -0.15) is 0 Å². The summed E-state index contributed by atoms with van der Waals surface area (Å²) in [5, 5.41) is 7.00. The van der Waals surface area contributed by atoms with Crippen molar-refractivity contribution in [2.45, 2.75) is 20.0 Å². The third-order valence-electron chi connectivity index (χ3n) is 5.97. The van der Waals surface area contributed by atoms with Gasteiger partial charge in [0.05, 0.1) is 26.8 Å². The summed E-state index contributed by atoms with van der Waals surface area (Å²) in [5.74, 6) is 1.51. The molecule has 4 rings (SSSR count). The normalized spacial score (nSPS) is 10.7. The van der Waals surface area contributed by atoms with Gasteiger partial charge in [0.2, 0.25) is 5.91 Å². The number of anilines is 2. The maximum Gasteiger partial charge on any atom is 0.256 e. The molecule has 0 saturated heterocycles. The number of amides is 1. The van der Waals surface area contributed by atoms with Crippen molar-refractivity contribution in [3.63, 3.8) is 0 Å². The Labute approximate surface area is 209 Å². The third-order valence-corrected chi connectivity index (χ3v) is 5.97. The zero-order chi connectivity index (χ0) is 25.7. The molecule has 2 N–H and O–H groups in total. The van der Waals surface area contributed by atoms with Gasteiger partial charge >= 0.3 is 0 Å². The monoisotopic (exact) mass is 487 g/mol. The Morgan fingerprint density at radius 1 is 0.889 bits per heavy atom. The molecule has 0 bridgehead atoms. The fourth-order valence-electron chi connectivity index (χ4n) is 4.01. The molecule has 0 aliphatic heterocycles. The van der Waals surface area contributed by atoms with Gasteiger partial charge in [-0.3, -0.25) is 14.2 Å². The van der Waals surface area contributed by atoms with Crippen LogP contribution in [0.4, 0.5) is 11.4 Å². The largest absolute Gasteiger partial charge is 0.497 e. The lowest BCUT2D eigenvalue weighted by Crippen LogP contribution is -2.30. The number of carbonyl (C=O) groups is 1. The maximum absolute atomic E-state index is 13.5. The van der Waals surface area contributed by atoms with E-state index in [9.17, 15) is 9.59 Å². The van der Waals surface area contributed by atoms with Gasteiger partial charge in [0.15, 0.2) is 11.5 Å². The van der Waals surface area contributed by atoms with E-state index in [2.05, 4.69) is 10.6 Å². The van der Waals surface area contributed by atoms with Crippen LogP contribution in [0.3, 0.4) is 0 Å². The van der Waals surface area contributed by atoms with Gasteiger partial charge < -0.3 is 24.8 Å². The number of methoxy groups -OCH3 is 3. The Hall–Kier alpha value is -4.46. The van der Waals surface area contributed by atoms with Crippen LogP contribution in [0.15, 0.2) is 71.5 Å². The van der Waals surface area contributed by atoms with Crippen molar-refractivity contribution in [1.82, 2.24) is 4.57 Å². The second-order valence-electron chi connectivity index (χ2n) is 8.27. The molecular formula is C28H29N3O5.